The van der Waals surface area contributed by atoms with E-state index in [0.29, 0.717) is 5.56 Å². The Bertz CT molecular complexity index is 635. The van der Waals surface area contributed by atoms with Crippen molar-refractivity contribution in [1.29, 1.82) is 0 Å². The van der Waals surface area contributed by atoms with Crippen LogP contribution in [-0.4, -0.2) is 0 Å². The maximum absolute atomic E-state index is 13.6. The van der Waals surface area contributed by atoms with Gasteiger partial charge in [-0.25, -0.2) is 13.2 Å². The van der Waals surface area contributed by atoms with E-state index in [4.69, 9.17) is 11.6 Å². The Hall–Kier alpha value is -1.48. The molecule has 4 heteroatoms. The molecule has 0 spiro atoms. The molecule has 0 saturated heterocycles. The number of benzene rings is 2. The molecule has 0 fully saturated rings. The summed E-state index contributed by atoms with van der Waals surface area (Å²) in [6, 6.07) is 7.07. The van der Waals surface area contributed by atoms with E-state index in [0.717, 1.165) is 5.56 Å². The first kappa shape index (κ1) is 10.7. The molecule has 17 heavy (non-hydrogen) atoms. The van der Waals surface area contributed by atoms with Crippen molar-refractivity contribution >= 4 is 11.6 Å². The van der Waals surface area contributed by atoms with Gasteiger partial charge >= 0.3 is 0 Å². The normalized spacial score (nSPS) is 12.5. The molecule has 0 nitrogen and oxygen atoms in total. The molecule has 0 aliphatic heterocycles. The number of fused-ring (bicyclic) bond motifs is 3. The molecule has 3 rings (SSSR count). The van der Waals surface area contributed by atoms with E-state index in [1.54, 1.807) is 24.3 Å². The lowest BCUT2D eigenvalue weighted by atomic mass is 10.1. The quantitative estimate of drug-likeness (QED) is 0.414. The van der Waals surface area contributed by atoms with Crippen LogP contribution in [0.15, 0.2) is 24.3 Å². The van der Waals surface area contributed by atoms with E-state index in [9.17, 15) is 13.2 Å². The minimum Gasteiger partial charge on any atom is -0.203 e. The predicted molar refractivity (Wildman–Crippen MR) is 59.6 cm³/mol. The van der Waals surface area contributed by atoms with Gasteiger partial charge in [0.2, 0.25) is 0 Å². The fourth-order valence-corrected chi connectivity index (χ4v) is 2.53. The highest BCUT2D eigenvalue weighted by Gasteiger charge is 2.30. The van der Waals surface area contributed by atoms with E-state index in [-0.39, 0.29) is 22.6 Å². The van der Waals surface area contributed by atoms with Gasteiger partial charge in [-0.3, -0.25) is 0 Å². The smallest absolute Gasteiger partial charge is 0.196 e. The molecule has 0 aromatic heterocycles. The summed E-state index contributed by atoms with van der Waals surface area (Å²) in [5, 5.41) is -0.344. The molecule has 0 heterocycles. The van der Waals surface area contributed by atoms with Gasteiger partial charge in [0.25, 0.3) is 0 Å². The van der Waals surface area contributed by atoms with Gasteiger partial charge in [0, 0.05) is 17.5 Å². The fraction of sp³-hybridized carbons (Fsp3) is 0.0769. The Morgan fingerprint density at radius 2 is 1.65 bits per heavy atom. The van der Waals surface area contributed by atoms with Crippen molar-refractivity contribution in [2.75, 3.05) is 0 Å². The van der Waals surface area contributed by atoms with Crippen LogP contribution in [0.25, 0.3) is 11.1 Å². The first-order valence-corrected chi connectivity index (χ1v) is 5.42. The summed E-state index contributed by atoms with van der Waals surface area (Å²) in [5.74, 6) is -3.96. The minimum atomic E-state index is -1.50. The number of rotatable bonds is 0. The van der Waals surface area contributed by atoms with Gasteiger partial charge in [-0.15, -0.1) is 0 Å². The molecule has 1 aliphatic rings. The standard InChI is InChI=1S/C13H6ClF3/c14-10-9-7-4-2-1-3-6(7)5-8(9)11(15)13(17)12(10)16/h1-4H,5H2. The summed E-state index contributed by atoms with van der Waals surface area (Å²) in [5.41, 5.74) is 1.91. The summed E-state index contributed by atoms with van der Waals surface area (Å²) in [6.07, 6.45) is 0.244. The molecule has 0 radical (unpaired) electrons. The first-order chi connectivity index (χ1) is 8.11. The van der Waals surface area contributed by atoms with E-state index in [2.05, 4.69) is 0 Å². The maximum Gasteiger partial charge on any atom is 0.196 e. The molecule has 0 unspecified atom stereocenters. The molecule has 86 valence electrons. The van der Waals surface area contributed by atoms with Gasteiger partial charge in [0.05, 0.1) is 5.02 Å². The van der Waals surface area contributed by atoms with Gasteiger partial charge in [0.15, 0.2) is 17.5 Å². The molecule has 0 saturated carbocycles. The zero-order valence-electron chi connectivity index (χ0n) is 8.53. The fourth-order valence-electron chi connectivity index (χ4n) is 2.23. The lowest BCUT2D eigenvalue weighted by molar-refractivity contribution is 0.444. The van der Waals surface area contributed by atoms with Gasteiger partial charge < -0.3 is 0 Å². The van der Waals surface area contributed by atoms with Crippen LogP contribution in [-0.2, 0) is 6.42 Å². The molecule has 0 atom stereocenters. The molecule has 0 amide bonds. The minimum absolute atomic E-state index is 0.134. The highest BCUT2D eigenvalue weighted by atomic mass is 35.5. The summed E-state index contributed by atoms with van der Waals surface area (Å²) < 4.78 is 40.3. The van der Waals surface area contributed by atoms with E-state index in [1.165, 1.54) is 0 Å². The largest absolute Gasteiger partial charge is 0.203 e. The summed E-state index contributed by atoms with van der Waals surface area (Å²) in [4.78, 5) is 0. The molecular formula is C13H6ClF3. The molecule has 2 aromatic carbocycles. The van der Waals surface area contributed by atoms with E-state index < -0.39 is 17.5 Å². The van der Waals surface area contributed by atoms with Gasteiger partial charge in [-0.2, -0.15) is 0 Å². The van der Waals surface area contributed by atoms with Crippen molar-refractivity contribution in [3.63, 3.8) is 0 Å². The zero-order chi connectivity index (χ0) is 12.2. The van der Waals surface area contributed by atoms with E-state index >= 15 is 0 Å². The van der Waals surface area contributed by atoms with Crippen molar-refractivity contribution < 1.29 is 13.2 Å². The van der Waals surface area contributed by atoms with E-state index in [1.807, 2.05) is 0 Å². The van der Waals surface area contributed by atoms with Crippen molar-refractivity contribution in [2.24, 2.45) is 0 Å². The summed E-state index contributed by atoms with van der Waals surface area (Å²) in [6.45, 7) is 0. The third-order valence-electron chi connectivity index (χ3n) is 3.02. The van der Waals surface area contributed by atoms with Crippen LogP contribution >= 0.6 is 11.6 Å². The van der Waals surface area contributed by atoms with Crippen LogP contribution in [0.3, 0.4) is 0 Å². The van der Waals surface area contributed by atoms with Crippen LogP contribution in [0.1, 0.15) is 11.1 Å². The second kappa shape index (κ2) is 3.50. The zero-order valence-corrected chi connectivity index (χ0v) is 9.28. The Balaban J connectivity index is 2.41. The van der Waals surface area contributed by atoms with Gasteiger partial charge in [0.1, 0.15) is 0 Å². The number of hydrogen-bond acceptors (Lipinski definition) is 0. The predicted octanol–water partition coefficient (Wildman–Crippen LogP) is 4.33. The molecule has 1 aliphatic carbocycles. The van der Waals surface area contributed by atoms with Gasteiger partial charge in [-0.05, 0) is 11.1 Å². The number of halogens is 4. The molecule has 2 aromatic rings. The Morgan fingerprint density at radius 3 is 2.41 bits per heavy atom. The van der Waals surface area contributed by atoms with Crippen molar-refractivity contribution in [2.45, 2.75) is 6.42 Å². The molecular weight excluding hydrogens is 249 g/mol. The summed E-state index contributed by atoms with van der Waals surface area (Å²) >= 11 is 5.76. The average Bonchev–Trinajstić information content (AvgIpc) is 2.73. The topological polar surface area (TPSA) is 0 Å². The number of hydrogen-bond donors (Lipinski definition) is 0. The van der Waals surface area contributed by atoms with Crippen LogP contribution in [0, 0.1) is 17.5 Å². The first-order valence-electron chi connectivity index (χ1n) is 5.04. The Morgan fingerprint density at radius 1 is 0.941 bits per heavy atom. The van der Waals surface area contributed by atoms with Crippen molar-refractivity contribution in [3.8, 4) is 11.1 Å². The SMILES string of the molecule is Fc1c(F)c(Cl)c2c(c1F)Cc1ccccc1-2. The third-order valence-corrected chi connectivity index (χ3v) is 3.37. The van der Waals surface area contributed by atoms with Crippen LogP contribution in [0.4, 0.5) is 13.2 Å². The third kappa shape index (κ3) is 1.32. The lowest BCUT2D eigenvalue weighted by Gasteiger charge is -2.07. The molecule has 0 bridgehead atoms. The highest BCUT2D eigenvalue weighted by Crippen LogP contribution is 2.44. The monoisotopic (exact) mass is 254 g/mol. The Labute approximate surface area is 101 Å². The second-order valence-electron chi connectivity index (χ2n) is 3.94. The van der Waals surface area contributed by atoms with Crippen LogP contribution in [0.5, 0.6) is 0 Å². The maximum atomic E-state index is 13.6. The Kier molecular flexibility index (Phi) is 2.20. The average molecular weight is 255 g/mol. The van der Waals surface area contributed by atoms with Gasteiger partial charge in [-0.1, -0.05) is 35.9 Å². The second-order valence-corrected chi connectivity index (χ2v) is 4.32. The van der Waals surface area contributed by atoms with Crippen LogP contribution in [0.2, 0.25) is 5.02 Å². The summed E-state index contributed by atoms with van der Waals surface area (Å²) in [7, 11) is 0. The van der Waals surface area contributed by atoms with Crippen molar-refractivity contribution in [1.82, 2.24) is 0 Å². The highest BCUT2D eigenvalue weighted by molar-refractivity contribution is 6.34. The lowest BCUT2D eigenvalue weighted by Crippen LogP contribution is -1.98. The van der Waals surface area contributed by atoms with Crippen LogP contribution < -0.4 is 0 Å². The van der Waals surface area contributed by atoms with Crippen molar-refractivity contribution in [3.05, 3.63) is 57.9 Å². The molecule has 0 N–H and O–H groups in total.